The first-order valence-electron chi connectivity index (χ1n) is 10.7. The van der Waals surface area contributed by atoms with Crippen LogP contribution in [0.3, 0.4) is 0 Å². The Morgan fingerprint density at radius 1 is 1.00 bits per heavy atom. The number of methoxy groups -OCH3 is 2. The fourth-order valence-electron chi connectivity index (χ4n) is 3.65. The van der Waals surface area contributed by atoms with E-state index >= 15 is 0 Å². The van der Waals surface area contributed by atoms with Gasteiger partial charge in [0, 0.05) is 24.7 Å². The highest BCUT2D eigenvalue weighted by molar-refractivity contribution is 5.94. The minimum Gasteiger partial charge on any atom is -0.497 e. The van der Waals surface area contributed by atoms with E-state index < -0.39 is 0 Å². The van der Waals surface area contributed by atoms with Gasteiger partial charge < -0.3 is 14.4 Å². The third-order valence-corrected chi connectivity index (χ3v) is 5.13. The molecule has 0 aliphatic rings. The van der Waals surface area contributed by atoms with Gasteiger partial charge in [0.2, 0.25) is 0 Å². The number of amides is 1. The van der Waals surface area contributed by atoms with E-state index in [9.17, 15) is 4.79 Å². The Bertz CT molecular complexity index is 1040. The van der Waals surface area contributed by atoms with Crippen molar-refractivity contribution in [1.82, 2.24) is 14.7 Å². The van der Waals surface area contributed by atoms with E-state index in [1.165, 1.54) is 0 Å². The highest BCUT2D eigenvalue weighted by Crippen LogP contribution is 2.33. The molecule has 1 aromatic heterocycles. The number of ether oxygens (including phenoxy) is 2. The number of aromatic nitrogens is 2. The molecule has 0 aliphatic carbocycles. The van der Waals surface area contributed by atoms with Gasteiger partial charge in [-0.1, -0.05) is 26.0 Å². The zero-order valence-electron chi connectivity index (χ0n) is 19.0. The van der Waals surface area contributed by atoms with E-state index in [-0.39, 0.29) is 5.91 Å². The first kappa shape index (κ1) is 22.4. The fourth-order valence-corrected chi connectivity index (χ4v) is 3.65. The fraction of sp³-hybridized carbons (Fsp3) is 0.360. The highest BCUT2D eigenvalue weighted by Gasteiger charge is 2.23. The second-order valence-electron chi connectivity index (χ2n) is 7.52. The standard InChI is InChI=1S/C25H31N3O3/c1-6-13-27(14-7-2)25(29)23-17-22(21-12-11-20(30-4)16-24(21)31-5)26-28(23)19-10-8-9-18(3)15-19/h8-12,15-17H,6-7,13-14H2,1-5H3. The molecule has 2 aromatic carbocycles. The first-order valence-corrected chi connectivity index (χ1v) is 10.7. The maximum atomic E-state index is 13.5. The van der Waals surface area contributed by atoms with Crippen LogP contribution in [-0.2, 0) is 0 Å². The molecule has 0 radical (unpaired) electrons. The topological polar surface area (TPSA) is 56.6 Å². The molecule has 3 aromatic rings. The molecule has 6 heteroatoms. The number of rotatable bonds is 9. The van der Waals surface area contributed by atoms with Gasteiger partial charge >= 0.3 is 0 Å². The van der Waals surface area contributed by atoms with Crippen molar-refractivity contribution in [2.24, 2.45) is 0 Å². The molecule has 1 amide bonds. The van der Waals surface area contributed by atoms with Crippen molar-refractivity contribution < 1.29 is 14.3 Å². The molecule has 0 saturated heterocycles. The average molecular weight is 422 g/mol. The van der Waals surface area contributed by atoms with Crippen LogP contribution >= 0.6 is 0 Å². The van der Waals surface area contributed by atoms with Crippen LogP contribution in [0.4, 0.5) is 0 Å². The van der Waals surface area contributed by atoms with E-state index in [1.807, 2.05) is 60.4 Å². The summed E-state index contributed by atoms with van der Waals surface area (Å²) in [5, 5.41) is 4.83. The molecule has 0 saturated carbocycles. The SMILES string of the molecule is CCCN(CCC)C(=O)c1cc(-c2ccc(OC)cc2OC)nn1-c1cccc(C)c1. The lowest BCUT2D eigenvalue weighted by Crippen LogP contribution is -2.33. The predicted molar refractivity (Wildman–Crippen MR) is 123 cm³/mol. The number of carbonyl (C=O) groups is 1. The normalized spacial score (nSPS) is 10.7. The van der Waals surface area contributed by atoms with Crippen LogP contribution in [0.5, 0.6) is 11.5 Å². The zero-order chi connectivity index (χ0) is 22.4. The second-order valence-corrected chi connectivity index (χ2v) is 7.52. The van der Waals surface area contributed by atoms with Crippen molar-refractivity contribution in [3.8, 4) is 28.4 Å². The van der Waals surface area contributed by atoms with Gasteiger partial charge in [-0.15, -0.1) is 0 Å². The lowest BCUT2D eigenvalue weighted by atomic mass is 10.1. The van der Waals surface area contributed by atoms with Crippen LogP contribution in [0.25, 0.3) is 16.9 Å². The lowest BCUT2D eigenvalue weighted by Gasteiger charge is -2.21. The summed E-state index contributed by atoms with van der Waals surface area (Å²) < 4.78 is 12.6. The highest BCUT2D eigenvalue weighted by atomic mass is 16.5. The number of carbonyl (C=O) groups excluding carboxylic acids is 1. The summed E-state index contributed by atoms with van der Waals surface area (Å²) >= 11 is 0. The summed E-state index contributed by atoms with van der Waals surface area (Å²) in [6.07, 6.45) is 1.81. The maximum Gasteiger partial charge on any atom is 0.272 e. The minimum absolute atomic E-state index is 0.0172. The van der Waals surface area contributed by atoms with E-state index in [4.69, 9.17) is 14.6 Å². The van der Waals surface area contributed by atoms with E-state index in [0.29, 0.717) is 36.0 Å². The number of aryl methyl sites for hydroxylation is 1. The Labute approximate surface area is 184 Å². The molecule has 0 unspecified atom stereocenters. The van der Waals surface area contributed by atoms with Crippen LogP contribution in [0, 0.1) is 6.92 Å². The number of benzene rings is 2. The molecular weight excluding hydrogens is 390 g/mol. The van der Waals surface area contributed by atoms with Gasteiger partial charge in [-0.2, -0.15) is 5.10 Å². The summed E-state index contributed by atoms with van der Waals surface area (Å²) in [7, 11) is 3.24. The predicted octanol–water partition coefficient (Wildman–Crippen LogP) is 5.13. The van der Waals surface area contributed by atoms with Gasteiger partial charge in [-0.05, 0) is 55.7 Å². The van der Waals surface area contributed by atoms with E-state index in [2.05, 4.69) is 13.8 Å². The van der Waals surface area contributed by atoms with Gasteiger partial charge in [-0.3, -0.25) is 4.79 Å². The summed E-state index contributed by atoms with van der Waals surface area (Å²) in [5.41, 5.74) is 3.99. The molecule has 0 N–H and O–H groups in total. The summed E-state index contributed by atoms with van der Waals surface area (Å²) in [5.74, 6) is 1.33. The van der Waals surface area contributed by atoms with Crippen LogP contribution in [0.2, 0.25) is 0 Å². The van der Waals surface area contributed by atoms with Crippen molar-refractivity contribution in [1.29, 1.82) is 0 Å². The molecule has 0 aliphatic heterocycles. The van der Waals surface area contributed by atoms with Crippen molar-refractivity contribution in [2.45, 2.75) is 33.6 Å². The summed E-state index contributed by atoms with van der Waals surface area (Å²) in [4.78, 5) is 15.4. The Morgan fingerprint density at radius 2 is 1.74 bits per heavy atom. The van der Waals surface area contributed by atoms with Gasteiger partial charge in [0.25, 0.3) is 5.91 Å². The molecular formula is C25H31N3O3. The first-order chi connectivity index (χ1) is 15.0. The van der Waals surface area contributed by atoms with E-state index in [1.54, 1.807) is 18.9 Å². The number of hydrogen-bond donors (Lipinski definition) is 0. The molecule has 0 fully saturated rings. The Balaban J connectivity index is 2.16. The molecule has 31 heavy (non-hydrogen) atoms. The van der Waals surface area contributed by atoms with Gasteiger partial charge in [0.05, 0.1) is 25.6 Å². The maximum absolute atomic E-state index is 13.5. The van der Waals surface area contributed by atoms with Gasteiger partial charge in [-0.25, -0.2) is 4.68 Å². The summed E-state index contributed by atoms with van der Waals surface area (Å²) in [6.45, 7) is 7.63. The third kappa shape index (κ3) is 4.90. The van der Waals surface area contributed by atoms with Crippen molar-refractivity contribution in [2.75, 3.05) is 27.3 Å². The van der Waals surface area contributed by atoms with Crippen molar-refractivity contribution >= 4 is 5.91 Å². The molecule has 3 rings (SSSR count). The zero-order valence-corrected chi connectivity index (χ0v) is 19.0. The van der Waals surface area contributed by atoms with Crippen molar-refractivity contribution in [3.05, 3.63) is 59.8 Å². The molecule has 1 heterocycles. The molecule has 164 valence electrons. The molecule has 0 atom stereocenters. The van der Waals surface area contributed by atoms with E-state index in [0.717, 1.165) is 29.7 Å². The second kappa shape index (κ2) is 10.2. The largest absolute Gasteiger partial charge is 0.497 e. The van der Waals surface area contributed by atoms with Crippen LogP contribution in [0.15, 0.2) is 48.5 Å². The van der Waals surface area contributed by atoms with Crippen molar-refractivity contribution in [3.63, 3.8) is 0 Å². The van der Waals surface area contributed by atoms with Crippen LogP contribution < -0.4 is 9.47 Å². The van der Waals surface area contributed by atoms with Crippen LogP contribution in [0.1, 0.15) is 42.7 Å². The van der Waals surface area contributed by atoms with Gasteiger partial charge in [0.15, 0.2) is 0 Å². The number of nitrogens with zero attached hydrogens (tertiary/aromatic N) is 3. The Morgan fingerprint density at radius 3 is 2.35 bits per heavy atom. The molecule has 0 bridgehead atoms. The Kier molecular flexibility index (Phi) is 7.34. The lowest BCUT2D eigenvalue weighted by molar-refractivity contribution is 0.0746. The smallest absolute Gasteiger partial charge is 0.272 e. The average Bonchev–Trinajstić information content (AvgIpc) is 3.23. The van der Waals surface area contributed by atoms with Gasteiger partial charge in [0.1, 0.15) is 17.2 Å². The third-order valence-electron chi connectivity index (χ3n) is 5.13. The number of hydrogen-bond acceptors (Lipinski definition) is 4. The quantitative estimate of drug-likeness (QED) is 0.481. The molecule has 0 spiro atoms. The summed E-state index contributed by atoms with van der Waals surface area (Å²) in [6, 6.07) is 15.5. The van der Waals surface area contributed by atoms with Crippen LogP contribution in [-0.4, -0.2) is 47.9 Å². The Hall–Kier alpha value is -3.28. The monoisotopic (exact) mass is 421 g/mol. The minimum atomic E-state index is -0.0172. The molecule has 6 nitrogen and oxygen atoms in total.